The molecule has 1 amide bonds. The third-order valence-corrected chi connectivity index (χ3v) is 5.26. The molecule has 0 atom stereocenters. The number of ether oxygens (including phenoxy) is 1. The summed E-state index contributed by atoms with van der Waals surface area (Å²) in [7, 11) is 1.62. The van der Waals surface area contributed by atoms with Crippen molar-refractivity contribution in [2.24, 2.45) is 0 Å². The van der Waals surface area contributed by atoms with Gasteiger partial charge in [-0.2, -0.15) is 0 Å². The largest absolute Gasteiger partial charge is 0.459 e. The smallest absolute Gasteiger partial charge is 0.331 e. The van der Waals surface area contributed by atoms with Crippen molar-refractivity contribution in [2.75, 3.05) is 13.7 Å². The molecule has 166 valence electrons. The number of amides is 1. The number of hydrogen-bond donors (Lipinski definition) is 0. The zero-order valence-corrected chi connectivity index (χ0v) is 18.7. The molecule has 4 aromatic rings. The first-order valence-electron chi connectivity index (χ1n) is 10.3. The second kappa shape index (κ2) is 10.1. The predicted molar refractivity (Wildman–Crippen MR) is 127 cm³/mol. The quantitative estimate of drug-likeness (QED) is 0.274. The van der Waals surface area contributed by atoms with Crippen molar-refractivity contribution in [3.05, 3.63) is 95.3 Å². The standard InChI is InChI=1S/C26H21ClN2O4/c1-29(16-22-12-13-23(33-22)18-7-10-21(27)11-8-18)24(30)17-32-25(31)14-9-20-5-2-4-19-6-3-15-28-26(19)20/h2-15H,16-17H2,1H3/b14-9+. The number of esters is 1. The van der Waals surface area contributed by atoms with Gasteiger partial charge in [0, 0.05) is 40.9 Å². The third kappa shape index (κ3) is 5.67. The van der Waals surface area contributed by atoms with Crippen LogP contribution >= 0.6 is 11.6 Å². The van der Waals surface area contributed by atoms with Crippen LogP contribution in [0, 0.1) is 0 Å². The molecule has 2 heterocycles. The minimum Gasteiger partial charge on any atom is -0.459 e. The van der Waals surface area contributed by atoms with Gasteiger partial charge >= 0.3 is 5.97 Å². The fourth-order valence-corrected chi connectivity index (χ4v) is 3.39. The summed E-state index contributed by atoms with van der Waals surface area (Å²) < 4.78 is 10.9. The molecule has 0 aliphatic heterocycles. The van der Waals surface area contributed by atoms with Crippen molar-refractivity contribution in [2.45, 2.75) is 6.54 Å². The number of carbonyl (C=O) groups excluding carboxylic acids is 2. The van der Waals surface area contributed by atoms with Crippen molar-refractivity contribution in [3.63, 3.8) is 0 Å². The van der Waals surface area contributed by atoms with Gasteiger partial charge in [-0.1, -0.05) is 35.9 Å². The van der Waals surface area contributed by atoms with Gasteiger partial charge < -0.3 is 14.1 Å². The topological polar surface area (TPSA) is 72.6 Å². The molecule has 0 fully saturated rings. The Bertz CT molecular complexity index is 1310. The van der Waals surface area contributed by atoms with E-state index in [-0.39, 0.29) is 19.1 Å². The Morgan fingerprint density at radius 1 is 1.06 bits per heavy atom. The van der Waals surface area contributed by atoms with E-state index in [0.29, 0.717) is 16.5 Å². The SMILES string of the molecule is CN(Cc1ccc(-c2ccc(Cl)cc2)o1)C(=O)COC(=O)/C=C/c1cccc2cccnc12. The van der Waals surface area contributed by atoms with Crippen LogP contribution in [-0.4, -0.2) is 35.4 Å². The molecule has 4 rings (SSSR count). The van der Waals surface area contributed by atoms with Crippen LogP contribution in [-0.2, 0) is 20.9 Å². The maximum atomic E-state index is 12.4. The second-order valence-electron chi connectivity index (χ2n) is 7.39. The molecule has 2 aromatic heterocycles. The number of nitrogens with zero attached hydrogens (tertiary/aromatic N) is 2. The maximum Gasteiger partial charge on any atom is 0.331 e. The summed E-state index contributed by atoms with van der Waals surface area (Å²) in [5.41, 5.74) is 2.47. The van der Waals surface area contributed by atoms with E-state index in [4.69, 9.17) is 20.8 Å². The van der Waals surface area contributed by atoms with E-state index >= 15 is 0 Å². The van der Waals surface area contributed by atoms with E-state index in [1.54, 1.807) is 37.5 Å². The lowest BCUT2D eigenvalue weighted by Crippen LogP contribution is -2.30. The first kappa shape index (κ1) is 22.3. The molecular weight excluding hydrogens is 440 g/mol. The van der Waals surface area contributed by atoms with E-state index < -0.39 is 5.97 Å². The average molecular weight is 461 g/mol. The lowest BCUT2D eigenvalue weighted by molar-refractivity contribution is -0.147. The summed E-state index contributed by atoms with van der Waals surface area (Å²) in [6.45, 7) is -0.111. The predicted octanol–water partition coefficient (Wildman–Crippen LogP) is 5.36. The highest BCUT2D eigenvalue weighted by Crippen LogP contribution is 2.24. The van der Waals surface area contributed by atoms with Gasteiger partial charge in [-0.05, 0) is 48.5 Å². The normalized spacial score (nSPS) is 11.1. The van der Waals surface area contributed by atoms with E-state index in [2.05, 4.69) is 4.98 Å². The molecule has 0 aliphatic carbocycles. The Labute approximate surface area is 196 Å². The van der Waals surface area contributed by atoms with Crippen LogP contribution in [0.2, 0.25) is 5.02 Å². The molecule has 0 N–H and O–H groups in total. The number of hydrogen-bond acceptors (Lipinski definition) is 5. The number of aromatic nitrogens is 1. The third-order valence-electron chi connectivity index (χ3n) is 5.01. The van der Waals surface area contributed by atoms with E-state index in [0.717, 1.165) is 22.0 Å². The summed E-state index contributed by atoms with van der Waals surface area (Å²) in [5.74, 6) is 0.355. The monoisotopic (exact) mass is 460 g/mol. The van der Waals surface area contributed by atoms with Gasteiger partial charge in [-0.15, -0.1) is 0 Å². The first-order chi connectivity index (χ1) is 16.0. The highest BCUT2D eigenvalue weighted by Gasteiger charge is 2.14. The van der Waals surface area contributed by atoms with Gasteiger partial charge in [-0.25, -0.2) is 4.79 Å². The number of furan rings is 1. The van der Waals surface area contributed by atoms with Gasteiger partial charge in [0.25, 0.3) is 5.91 Å². The molecule has 2 aromatic carbocycles. The zero-order chi connectivity index (χ0) is 23.2. The minimum atomic E-state index is -0.604. The van der Waals surface area contributed by atoms with Gasteiger partial charge in [0.1, 0.15) is 11.5 Å². The van der Waals surface area contributed by atoms with Crippen molar-refractivity contribution in [1.82, 2.24) is 9.88 Å². The van der Waals surface area contributed by atoms with Crippen LogP contribution in [0.15, 0.2) is 83.4 Å². The Morgan fingerprint density at radius 3 is 2.67 bits per heavy atom. The summed E-state index contributed by atoms with van der Waals surface area (Å²) >= 11 is 5.92. The van der Waals surface area contributed by atoms with E-state index in [1.165, 1.54) is 11.0 Å². The number of halogens is 1. The minimum absolute atomic E-state index is 0.251. The molecule has 0 unspecified atom stereocenters. The number of rotatable bonds is 7. The van der Waals surface area contributed by atoms with Crippen LogP contribution < -0.4 is 0 Å². The number of benzene rings is 2. The van der Waals surface area contributed by atoms with Crippen molar-refractivity contribution >= 4 is 40.5 Å². The lowest BCUT2D eigenvalue weighted by atomic mass is 10.1. The number of pyridine rings is 1. The average Bonchev–Trinajstić information content (AvgIpc) is 3.30. The number of likely N-dealkylation sites (N-methyl/N-ethyl adjacent to an activating group) is 1. The van der Waals surface area contributed by atoms with E-state index in [9.17, 15) is 9.59 Å². The van der Waals surface area contributed by atoms with Gasteiger partial charge in [-0.3, -0.25) is 9.78 Å². The van der Waals surface area contributed by atoms with Gasteiger partial charge in [0.2, 0.25) is 0 Å². The summed E-state index contributed by atoms with van der Waals surface area (Å²) in [6, 6.07) is 20.4. The Kier molecular flexibility index (Phi) is 6.86. The number of carbonyl (C=O) groups is 2. The summed E-state index contributed by atoms with van der Waals surface area (Å²) in [6.07, 6.45) is 4.62. The Morgan fingerprint density at radius 2 is 1.85 bits per heavy atom. The first-order valence-corrected chi connectivity index (χ1v) is 10.6. The molecule has 0 radical (unpaired) electrons. The van der Waals surface area contributed by atoms with Crippen LogP contribution in [0.3, 0.4) is 0 Å². The molecule has 6 nitrogen and oxygen atoms in total. The molecular formula is C26H21ClN2O4. The molecule has 0 spiro atoms. The highest BCUT2D eigenvalue weighted by molar-refractivity contribution is 6.30. The number of para-hydroxylation sites is 1. The highest BCUT2D eigenvalue weighted by atomic mass is 35.5. The summed E-state index contributed by atoms with van der Waals surface area (Å²) in [5, 5.41) is 1.62. The molecule has 0 saturated heterocycles. The van der Waals surface area contributed by atoms with Crippen LogP contribution in [0.5, 0.6) is 0 Å². The molecule has 0 bridgehead atoms. The van der Waals surface area contributed by atoms with Crippen molar-refractivity contribution in [1.29, 1.82) is 0 Å². The van der Waals surface area contributed by atoms with Crippen LogP contribution in [0.4, 0.5) is 0 Å². The lowest BCUT2D eigenvalue weighted by Gasteiger charge is -2.15. The van der Waals surface area contributed by atoms with Crippen LogP contribution in [0.1, 0.15) is 11.3 Å². The fraction of sp³-hybridized carbons (Fsp3) is 0.115. The Hall–Kier alpha value is -3.90. The number of fused-ring (bicyclic) bond motifs is 1. The fourth-order valence-electron chi connectivity index (χ4n) is 3.27. The molecule has 0 saturated carbocycles. The van der Waals surface area contributed by atoms with Gasteiger partial charge in [0.15, 0.2) is 6.61 Å². The van der Waals surface area contributed by atoms with Crippen molar-refractivity contribution < 1.29 is 18.7 Å². The zero-order valence-electron chi connectivity index (χ0n) is 17.9. The summed E-state index contributed by atoms with van der Waals surface area (Å²) in [4.78, 5) is 30.3. The Balaban J connectivity index is 1.30. The molecule has 0 aliphatic rings. The second-order valence-corrected chi connectivity index (χ2v) is 7.82. The maximum absolute atomic E-state index is 12.4. The van der Waals surface area contributed by atoms with Gasteiger partial charge in [0.05, 0.1) is 12.1 Å². The van der Waals surface area contributed by atoms with Crippen LogP contribution in [0.25, 0.3) is 28.3 Å². The molecule has 33 heavy (non-hydrogen) atoms. The molecule has 7 heteroatoms. The van der Waals surface area contributed by atoms with Crippen molar-refractivity contribution in [3.8, 4) is 11.3 Å². The van der Waals surface area contributed by atoms with E-state index in [1.807, 2.05) is 48.5 Å².